The molecule has 1 fully saturated rings. The number of amides is 1. The fraction of sp³-hybridized carbons (Fsp3) is 0.462. The van der Waals surface area contributed by atoms with Crippen molar-refractivity contribution in [2.75, 3.05) is 6.54 Å². The van der Waals surface area contributed by atoms with Crippen LogP contribution in [0.2, 0.25) is 5.02 Å². The van der Waals surface area contributed by atoms with Gasteiger partial charge in [0.25, 0.3) is 5.91 Å². The monoisotopic (exact) mass is 288 g/mol. The smallest absolute Gasteiger partial charge is 0.251 e. The highest BCUT2D eigenvalue weighted by Crippen LogP contribution is 2.31. The summed E-state index contributed by atoms with van der Waals surface area (Å²) in [4.78, 5) is 11.8. The predicted octanol–water partition coefficient (Wildman–Crippen LogP) is 2.54. The van der Waals surface area contributed by atoms with Crippen molar-refractivity contribution in [3.63, 3.8) is 0 Å². The second kappa shape index (κ2) is 6.41. The minimum atomic E-state index is -0.108. The Bertz CT molecular complexity index is 433. The van der Waals surface area contributed by atoms with E-state index in [1.807, 2.05) is 13.0 Å². The fourth-order valence-corrected chi connectivity index (χ4v) is 1.92. The topological polar surface area (TPSA) is 55.1 Å². The summed E-state index contributed by atoms with van der Waals surface area (Å²) >= 11 is 5.98. The van der Waals surface area contributed by atoms with Crippen LogP contribution in [-0.4, -0.2) is 18.5 Å². The molecule has 2 rings (SSSR count). The lowest BCUT2D eigenvalue weighted by Gasteiger charge is -2.11. The quantitative estimate of drug-likeness (QED) is 0.895. The molecule has 0 saturated heterocycles. The first-order valence-electron chi connectivity index (χ1n) is 5.88. The number of carbonyl (C=O) groups excluding carboxylic acids is 1. The van der Waals surface area contributed by atoms with Crippen LogP contribution in [0.4, 0.5) is 0 Å². The molecule has 1 saturated carbocycles. The van der Waals surface area contributed by atoms with Crippen molar-refractivity contribution in [2.45, 2.75) is 25.8 Å². The molecule has 0 heterocycles. The summed E-state index contributed by atoms with van der Waals surface area (Å²) in [5.41, 5.74) is 7.48. The van der Waals surface area contributed by atoms with E-state index >= 15 is 0 Å². The third-order valence-electron chi connectivity index (χ3n) is 3.16. The summed E-state index contributed by atoms with van der Waals surface area (Å²) in [6, 6.07) is 5.39. The Hall–Kier alpha value is -0.770. The van der Waals surface area contributed by atoms with E-state index < -0.39 is 0 Å². The number of halogens is 2. The molecule has 18 heavy (non-hydrogen) atoms. The van der Waals surface area contributed by atoms with Gasteiger partial charge in [-0.25, -0.2) is 0 Å². The number of aryl methyl sites for hydroxylation is 1. The van der Waals surface area contributed by atoms with Crippen molar-refractivity contribution in [1.29, 1.82) is 0 Å². The van der Waals surface area contributed by atoms with Gasteiger partial charge in [0.2, 0.25) is 0 Å². The first-order valence-corrected chi connectivity index (χ1v) is 6.25. The van der Waals surface area contributed by atoms with Gasteiger partial charge in [-0.05, 0) is 43.4 Å². The van der Waals surface area contributed by atoms with Crippen LogP contribution in [0.1, 0.15) is 28.8 Å². The van der Waals surface area contributed by atoms with E-state index in [9.17, 15) is 4.79 Å². The molecule has 0 aliphatic heterocycles. The zero-order valence-electron chi connectivity index (χ0n) is 10.3. The molecule has 1 aromatic rings. The molecule has 3 N–H and O–H groups in total. The molecule has 0 aromatic heterocycles. The van der Waals surface area contributed by atoms with Gasteiger partial charge in [0, 0.05) is 23.2 Å². The number of nitrogens with two attached hydrogens (primary N) is 1. The Morgan fingerprint density at radius 2 is 2.22 bits per heavy atom. The Kier molecular flexibility index (Phi) is 5.45. The van der Waals surface area contributed by atoms with Gasteiger partial charge in [-0.1, -0.05) is 17.7 Å². The number of nitrogens with one attached hydrogen (secondary N) is 1. The van der Waals surface area contributed by atoms with Gasteiger partial charge in [0.05, 0.1) is 0 Å². The predicted molar refractivity (Wildman–Crippen MR) is 76.5 cm³/mol. The molecular formula is C13H18Cl2N2O. The van der Waals surface area contributed by atoms with Gasteiger partial charge in [0.1, 0.15) is 0 Å². The normalized spacial score (nSPS) is 15.7. The third kappa shape index (κ3) is 3.87. The Morgan fingerprint density at radius 1 is 1.56 bits per heavy atom. The highest BCUT2D eigenvalue weighted by Gasteiger charge is 2.28. The van der Waals surface area contributed by atoms with Crippen LogP contribution in [0.15, 0.2) is 18.2 Å². The van der Waals surface area contributed by atoms with Crippen LogP contribution in [-0.2, 0) is 0 Å². The minimum Gasteiger partial charge on any atom is -0.350 e. The molecule has 1 atom stereocenters. The lowest BCUT2D eigenvalue weighted by atomic mass is 10.1. The van der Waals surface area contributed by atoms with Crippen molar-refractivity contribution >= 4 is 29.9 Å². The second-order valence-electron chi connectivity index (χ2n) is 4.68. The number of carbonyl (C=O) groups is 1. The lowest BCUT2D eigenvalue weighted by molar-refractivity contribution is 0.0950. The first-order chi connectivity index (χ1) is 8.08. The summed E-state index contributed by atoms with van der Waals surface area (Å²) in [7, 11) is 0. The maximum Gasteiger partial charge on any atom is 0.251 e. The van der Waals surface area contributed by atoms with Gasteiger partial charge in [-0.15, -0.1) is 12.4 Å². The molecule has 1 aliphatic carbocycles. The molecule has 3 nitrogen and oxygen atoms in total. The van der Waals surface area contributed by atoms with E-state index in [2.05, 4.69) is 5.32 Å². The molecule has 0 bridgehead atoms. The lowest BCUT2D eigenvalue weighted by Crippen LogP contribution is -2.38. The average Bonchev–Trinajstić information content (AvgIpc) is 3.13. The van der Waals surface area contributed by atoms with Crippen molar-refractivity contribution in [3.8, 4) is 0 Å². The number of hydrogen-bond acceptors (Lipinski definition) is 2. The van der Waals surface area contributed by atoms with Crippen LogP contribution < -0.4 is 11.1 Å². The summed E-state index contributed by atoms with van der Waals surface area (Å²) in [6.07, 6.45) is 2.38. The third-order valence-corrected chi connectivity index (χ3v) is 3.57. The van der Waals surface area contributed by atoms with E-state index in [-0.39, 0.29) is 24.4 Å². The molecule has 1 amide bonds. The maximum absolute atomic E-state index is 11.8. The molecule has 1 aromatic carbocycles. The number of benzene rings is 1. The molecule has 1 aliphatic rings. The number of rotatable bonds is 4. The maximum atomic E-state index is 11.8. The van der Waals surface area contributed by atoms with Crippen molar-refractivity contribution < 1.29 is 4.79 Å². The summed E-state index contributed by atoms with van der Waals surface area (Å²) in [5, 5.41) is 3.46. The Balaban J connectivity index is 0.00000162. The summed E-state index contributed by atoms with van der Waals surface area (Å²) in [5.74, 6) is 0.486. The molecule has 5 heteroatoms. The van der Waals surface area contributed by atoms with Crippen molar-refractivity contribution in [1.82, 2.24) is 5.32 Å². The number of hydrogen-bond donors (Lipinski definition) is 2. The zero-order valence-corrected chi connectivity index (χ0v) is 11.9. The van der Waals surface area contributed by atoms with Crippen LogP contribution in [0.5, 0.6) is 0 Å². The Morgan fingerprint density at radius 3 is 2.78 bits per heavy atom. The van der Waals surface area contributed by atoms with Gasteiger partial charge in [-0.2, -0.15) is 0 Å². The van der Waals surface area contributed by atoms with E-state index in [1.165, 1.54) is 12.8 Å². The Labute approximate surface area is 118 Å². The van der Waals surface area contributed by atoms with Crippen LogP contribution in [0.25, 0.3) is 0 Å². The summed E-state index contributed by atoms with van der Waals surface area (Å²) < 4.78 is 0. The second-order valence-corrected chi connectivity index (χ2v) is 5.08. The van der Waals surface area contributed by atoms with Crippen molar-refractivity contribution in [3.05, 3.63) is 34.3 Å². The van der Waals surface area contributed by atoms with Gasteiger partial charge in [0.15, 0.2) is 0 Å². The van der Waals surface area contributed by atoms with Crippen LogP contribution >= 0.6 is 24.0 Å². The standard InChI is InChI=1S/C13H17ClN2O.ClH/c1-8-2-3-10(6-11(8)14)13(17)16-7-12(15)9-4-5-9;/h2-3,6,9,12H,4-5,7,15H2,1H3,(H,16,17);1H. The molecular weight excluding hydrogens is 271 g/mol. The SMILES string of the molecule is Cc1ccc(C(=O)NCC(N)C2CC2)cc1Cl.Cl. The van der Waals surface area contributed by atoms with E-state index in [0.29, 0.717) is 23.0 Å². The molecule has 0 radical (unpaired) electrons. The molecule has 1 unspecified atom stereocenters. The highest BCUT2D eigenvalue weighted by atomic mass is 35.5. The van der Waals surface area contributed by atoms with E-state index in [1.54, 1.807) is 12.1 Å². The average molecular weight is 289 g/mol. The van der Waals surface area contributed by atoms with E-state index in [4.69, 9.17) is 17.3 Å². The molecule has 100 valence electrons. The van der Waals surface area contributed by atoms with Crippen molar-refractivity contribution in [2.24, 2.45) is 11.7 Å². The first kappa shape index (κ1) is 15.3. The van der Waals surface area contributed by atoms with Gasteiger partial charge >= 0.3 is 0 Å². The minimum absolute atomic E-state index is 0. The zero-order chi connectivity index (χ0) is 12.4. The molecule has 0 spiro atoms. The van der Waals surface area contributed by atoms with Gasteiger partial charge < -0.3 is 11.1 Å². The highest BCUT2D eigenvalue weighted by molar-refractivity contribution is 6.31. The van der Waals surface area contributed by atoms with E-state index in [0.717, 1.165) is 5.56 Å². The largest absolute Gasteiger partial charge is 0.350 e. The van der Waals surface area contributed by atoms with Crippen LogP contribution in [0, 0.1) is 12.8 Å². The van der Waals surface area contributed by atoms with Crippen LogP contribution in [0.3, 0.4) is 0 Å². The fourth-order valence-electron chi connectivity index (χ4n) is 1.74. The van der Waals surface area contributed by atoms with Gasteiger partial charge in [-0.3, -0.25) is 4.79 Å². The summed E-state index contributed by atoms with van der Waals surface area (Å²) in [6.45, 7) is 2.45.